The number of aryl methyl sites for hydroxylation is 1. The molecule has 1 aromatic rings. The first-order valence-corrected chi connectivity index (χ1v) is 11.6. The number of guanidine groups is 1. The first-order chi connectivity index (χ1) is 13.1. The van der Waals surface area contributed by atoms with Gasteiger partial charge in [0.25, 0.3) is 0 Å². The first kappa shape index (κ1) is 26.2. The van der Waals surface area contributed by atoms with Crippen molar-refractivity contribution >= 4 is 39.8 Å². The summed E-state index contributed by atoms with van der Waals surface area (Å²) in [6.07, 6.45) is 2.20. The zero-order valence-electron chi connectivity index (χ0n) is 18.2. The van der Waals surface area contributed by atoms with Crippen LogP contribution in [-0.4, -0.2) is 51.6 Å². The third-order valence-corrected chi connectivity index (χ3v) is 7.81. The molecule has 8 heteroatoms. The van der Waals surface area contributed by atoms with E-state index in [1.54, 1.807) is 27.8 Å². The van der Waals surface area contributed by atoms with Crippen LogP contribution in [0.2, 0.25) is 0 Å². The van der Waals surface area contributed by atoms with Crippen LogP contribution in [0.5, 0.6) is 0 Å². The summed E-state index contributed by atoms with van der Waals surface area (Å²) in [6.45, 7) is 9.11. The summed E-state index contributed by atoms with van der Waals surface area (Å²) in [6, 6.07) is 8.52. The van der Waals surface area contributed by atoms with Crippen LogP contribution < -0.4 is 10.6 Å². The zero-order valence-corrected chi connectivity index (χ0v) is 21.3. The Morgan fingerprint density at radius 2 is 1.86 bits per heavy atom. The topological polar surface area (TPSA) is 79.8 Å². The molecule has 0 amide bonds. The molecule has 2 N–H and O–H groups in total. The number of sulfone groups is 1. The Kier molecular flexibility index (Phi) is 10.4. The van der Waals surface area contributed by atoms with E-state index < -0.39 is 14.6 Å². The van der Waals surface area contributed by atoms with E-state index in [-0.39, 0.29) is 35.8 Å². The Morgan fingerprint density at radius 3 is 2.45 bits per heavy atom. The summed E-state index contributed by atoms with van der Waals surface area (Å²) in [5, 5.41) is 6.46. The fourth-order valence-electron chi connectivity index (χ4n) is 3.24. The van der Waals surface area contributed by atoms with Crippen molar-refractivity contribution in [1.82, 2.24) is 10.6 Å². The summed E-state index contributed by atoms with van der Waals surface area (Å²) >= 11 is 0. The maximum atomic E-state index is 12.2. The lowest BCUT2D eigenvalue weighted by Crippen LogP contribution is -2.44. The van der Waals surface area contributed by atoms with Crippen LogP contribution in [0, 0.1) is 12.8 Å². The summed E-state index contributed by atoms with van der Waals surface area (Å²) in [5.74, 6) is 1.04. The number of aliphatic imine (C=N–C) groups is 1. The van der Waals surface area contributed by atoms with Crippen molar-refractivity contribution in [3.63, 3.8) is 0 Å². The van der Waals surface area contributed by atoms with Crippen LogP contribution in [-0.2, 0) is 14.6 Å². The normalized spacial score (nSPS) is 20.7. The van der Waals surface area contributed by atoms with E-state index in [9.17, 15) is 8.42 Å². The number of hydrogen-bond acceptors (Lipinski definition) is 4. The lowest BCUT2D eigenvalue weighted by atomic mass is 9.89. The van der Waals surface area contributed by atoms with Gasteiger partial charge in [-0.15, -0.1) is 24.0 Å². The van der Waals surface area contributed by atoms with Gasteiger partial charge in [0, 0.05) is 32.7 Å². The highest BCUT2D eigenvalue weighted by Crippen LogP contribution is 2.33. The molecule has 0 aliphatic carbocycles. The van der Waals surface area contributed by atoms with E-state index in [2.05, 4.69) is 46.8 Å². The van der Waals surface area contributed by atoms with Crippen molar-refractivity contribution < 1.29 is 13.2 Å². The Morgan fingerprint density at radius 1 is 1.21 bits per heavy atom. The molecule has 1 heterocycles. The van der Waals surface area contributed by atoms with E-state index in [0.29, 0.717) is 18.4 Å². The van der Waals surface area contributed by atoms with Crippen molar-refractivity contribution in [2.45, 2.75) is 51.4 Å². The molecule has 29 heavy (non-hydrogen) atoms. The molecule has 0 aromatic heterocycles. The number of halogens is 1. The molecule has 2 rings (SSSR count). The van der Waals surface area contributed by atoms with Gasteiger partial charge in [-0.25, -0.2) is 8.42 Å². The summed E-state index contributed by atoms with van der Waals surface area (Å²) < 4.78 is 29.8. The highest BCUT2D eigenvalue weighted by molar-refractivity contribution is 14.0. The van der Waals surface area contributed by atoms with E-state index in [4.69, 9.17) is 4.74 Å². The average molecular weight is 538 g/mol. The number of benzene rings is 1. The van der Waals surface area contributed by atoms with Crippen molar-refractivity contribution in [3.05, 3.63) is 35.4 Å². The molecule has 1 fully saturated rings. The van der Waals surface area contributed by atoms with Gasteiger partial charge in [0.1, 0.15) is 0 Å². The minimum Gasteiger partial charge on any atom is -0.373 e. The van der Waals surface area contributed by atoms with Gasteiger partial charge in [-0.05, 0) is 46.1 Å². The molecule has 1 aromatic carbocycles. The van der Waals surface area contributed by atoms with Crippen LogP contribution in [0.1, 0.15) is 50.8 Å². The van der Waals surface area contributed by atoms with Crippen LogP contribution >= 0.6 is 24.0 Å². The second-order valence-electron chi connectivity index (χ2n) is 8.42. The van der Waals surface area contributed by atoms with Gasteiger partial charge in [0.2, 0.25) is 0 Å². The monoisotopic (exact) mass is 537 g/mol. The maximum absolute atomic E-state index is 12.2. The third-order valence-electron chi connectivity index (χ3n) is 5.20. The quantitative estimate of drug-likeness (QED) is 0.330. The molecule has 0 saturated carbocycles. The average Bonchev–Trinajstić information content (AvgIpc) is 2.64. The largest absolute Gasteiger partial charge is 0.373 e. The summed E-state index contributed by atoms with van der Waals surface area (Å²) in [4.78, 5) is 4.22. The summed E-state index contributed by atoms with van der Waals surface area (Å²) in [7, 11) is -1.45. The Hall–Kier alpha value is -0.870. The van der Waals surface area contributed by atoms with Gasteiger partial charge < -0.3 is 15.4 Å². The molecular weight excluding hydrogens is 501 g/mol. The Balaban J connectivity index is 0.00000420. The molecule has 2 unspecified atom stereocenters. The van der Waals surface area contributed by atoms with Crippen molar-refractivity contribution in [3.8, 4) is 0 Å². The predicted octanol–water partition coefficient (Wildman–Crippen LogP) is 3.46. The van der Waals surface area contributed by atoms with E-state index >= 15 is 0 Å². The molecule has 0 spiro atoms. The molecule has 0 bridgehead atoms. The minimum absolute atomic E-state index is 0. The van der Waals surface area contributed by atoms with E-state index in [1.807, 2.05) is 0 Å². The third kappa shape index (κ3) is 7.71. The Bertz CT molecular complexity index is 758. The van der Waals surface area contributed by atoms with Gasteiger partial charge in [0.05, 0.1) is 16.6 Å². The van der Waals surface area contributed by atoms with Crippen molar-refractivity contribution in [2.75, 3.05) is 32.5 Å². The molecule has 1 aliphatic heterocycles. The minimum atomic E-state index is -3.15. The fraction of sp³-hybridized carbons (Fsp3) is 0.667. The number of nitrogens with one attached hydrogen (secondary N) is 2. The molecule has 166 valence electrons. The first-order valence-electron chi connectivity index (χ1n) is 9.99. The predicted molar refractivity (Wildman–Crippen MR) is 131 cm³/mol. The number of nitrogens with zero attached hydrogens (tertiary/aromatic N) is 1. The lowest BCUT2D eigenvalue weighted by molar-refractivity contribution is -0.0265. The lowest BCUT2D eigenvalue weighted by Gasteiger charge is -2.32. The smallest absolute Gasteiger partial charge is 0.191 e. The molecule has 6 nitrogen and oxygen atoms in total. The molecule has 2 atom stereocenters. The van der Waals surface area contributed by atoms with Gasteiger partial charge in [-0.3, -0.25) is 4.99 Å². The standard InChI is InChI=1S/C21H35N3O3S.HI/c1-16-8-10-17(11-9-16)19-18(7-6-13-27-19)15-24-20(22-5)23-12-14-28(25,26)21(2,3)4;/h8-11,18-19H,6-7,12-15H2,1-5H3,(H2,22,23,24);1H. The Labute approximate surface area is 193 Å². The number of hydrogen-bond donors (Lipinski definition) is 2. The van der Waals surface area contributed by atoms with Gasteiger partial charge in [-0.1, -0.05) is 29.8 Å². The number of ether oxygens (including phenoxy) is 1. The molecule has 1 aliphatic rings. The molecule has 0 radical (unpaired) electrons. The van der Waals surface area contributed by atoms with Crippen LogP contribution in [0.4, 0.5) is 0 Å². The van der Waals surface area contributed by atoms with Crippen LogP contribution in [0.15, 0.2) is 29.3 Å². The maximum Gasteiger partial charge on any atom is 0.191 e. The van der Waals surface area contributed by atoms with Crippen LogP contribution in [0.25, 0.3) is 0 Å². The van der Waals surface area contributed by atoms with Crippen molar-refractivity contribution in [2.24, 2.45) is 10.9 Å². The second-order valence-corrected chi connectivity index (χ2v) is 11.3. The van der Waals surface area contributed by atoms with Gasteiger partial charge >= 0.3 is 0 Å². The number of rotatable bonds is 6. The van der Waals surface area contributed by atoms with E-state index in [0.717, 1.165) is 26.0 Å². The molecule has 1 saturated heterocycles. The highest BCUT2D eigenvalue weighted by Gasteiger charge is 2.29. The SMILES string of the molecule is CN=C(NCCS(=O)(=O)C(C)(C)C)NCC1CCCOC1c1ccc(C)cc1.I. The van der Waals surface area contributed by atoms with E-state index in [1.165, 1.54) is 11.1 Å². The van der Waals surface area contributed by atoms with Crippen molar-refractivity contribution in [1.29, 1.82) is 0 Å². The van der Waals surface area contributed by atoms with Crippen LogP contribution in [0.3, 0.4) is 0 Å². The summed E-state index contributed by atoms with van der Waals surface area (Å²) in [5.41, 5.74) is 2.44. The highest BCUT2D eigenvalue weighted by atomic mass is 127. The fourth-order valence-corrected chi connectivity index (χ4v) is 4.22. The van der Waals surface area contributed by atoms with Gasteiger partial charge in [0.15, 0.2) is 15.8 Å². The zero-order chi connectivity index (χ0) is 20.8. The molecular formula is C21H36IN3O3S. The second kappa shape index (κ2) is 11.5. The van der Waals surface area contributed by atoms with Gasteiger partial charge in [-0.2, -0.15) is 0 Å².